The number of hydrogen-bond donors (Lipinski definition) is 1. The molecule has 2 atom stereocenters. The van der Waals surface area contributed by atoms with Crippen molar-refractivity contribution in [2.24, 2.45) is 0 Å². The minimum atomic E-state index is 0.459. The minimum Gasteiger partial charge on any atom is -0.377 e. The van der Waals surface area contributed by atoms with Gasteiger partial charge in [0.1, 0.15) is 0 Å². The van der Waals surface area contributed by atoms with Gasteiger partial charge in [0.05, 0.1) is 6.10 Å². The van der Waals surface area contributed by atoms with E-state index in [2.05, 4.69) is 26.1 Å². The topological polar surface area (TPSA) is 21.3 Å². The molecule has 1 aliphatic rings. The monoisotopic (exact) mass is 185 g/mol. The number of hydrogen-bond acceptors (Lipinski definition) is 2. The molecule has 1 rings (SSSR count). The summed E-state index contributed by atoms with van der Waals surface area (Å²) >= 11 is 0. The first-order valence-electron chi connectivity index (χ1n) is 5.61. The molecule has 2 nitrogen and oxygen atoms in total. The highest BCUT2D eigenvalue weighted by Gasteiger charge is 2.25. The fourth-order valence-electron chi connectivity index (χ4n) is 2.13. The Hall–Kier alpha value is -0.0800. The molecule has 0 spiro atoms. The maximum atomic E-state index is 5.73. The normalized spacial score (nSPS) is 29.5. The zero-order valence-electron chi connectivity index (χ0n) is 9.18. The van der Waals surface area contributed by atoms with Crippen molar-refractivity contribution < 1.29 is 4.74 Å². The van der Waals surface area contributed by atoms with Gasteiger partial charge in [-0.15, -0.1) is 0 Å². The van der Waals surface area contributed by atoms with Crippen LogP contribution in [-0.2, 0) is 4.74 Å². The second-order valence-electron chi connectivity index (χ2n) is 4.21. The molecule has 78 valence electrons. The van der Waals surface area contributed by atoms with Crippen LogP contribution in [0.4, 0.5) is 0 Å². The summed E-state index contributed by atoms with van der Waals surface area (Å²) in [6.45, 7) is 7.34. The van der Waals surface area contributed by atoms with Crippen molar-refractivity contribution in [3.8, 4) is 0 Å². The van der Waals surface area contributed by atoms with Gasteiger partial charge in [-0.25, -0.2) is 0 Å². The second-order valence-corrected chi connectivity index (χ2v) is 4.21. The predicted octanol–water partition coefficient (Wildman–Crippen LogP) is 2.33. The molecule has 0 amide bonds. The number of nitrogens with one attached hydrogen (secondary N) is 1. The van der Waals surface area contributed by atoms with Crippen LogP contribution in [0.1, 0.15) is 46.5 Å². The Morgan fingerprint density at radius 1 is 1.31 bits per heavy atom. The van der Waals surface area contributed by atoms with Gasteiger partial charge < -0.3 is 10.1 Å². The second kappa shape index (κ2) is 5.61. The first-order valence-corrected chi connectivity index (χ1v) is 5.61. The van der Waals surface area contributed by atoms with E-state index in [9.17, 15) is 0 Å². The van der Waals surface area contributed by atoms with Crippen molar-refractivity contribution in [3.63, 3.8) is 0 Å². The van der Waals surface area contributed by atoms with Gasteiger partial charge in [-0.05, 0) is 19.8 Å². The molecule has 0 aromatic heterocycles. The van der Waals surface area contributed by atoms with Crippen LogP contribution in [0.25, 0.3) is 0 Å². The van der Waals surface area contributed by atoms with Crippen LogP contribution < -0.4 is 5.32 Å². The zero-order valence-corrected chi connectivity index (χ0v) is 9.18. The molecule has 1 fully saturated rings. The lowest BCUT2D eigenvalue weighted by molar-refractivity contribution is 0.0101. The first kappa shape index (κ1) is 11.0. The van der Waals surface area contributed by atoms with Gasteiger partial charge in [-0.3, -0.25) is 0 Å². The van der Waals surface area contributed by atoms with Crippen molar-refractivity contribution in [3.05, 3.63) is 0 Å². The molecule has 1 saturated carbocycles. The van der Waals surface area contributed by atoms with Crippen molar-refractivity contribution in [2.45, 2.75) is 64.6 Å². The molecule has 1 N–H and O–H groups in total. The molecule has 1 aliphatic carbocycles. The molecule has 0 heterocycles. The molecule has 0 unspecified atom stereocenters. The SMILES string of the molecule is CCO[C@@H]1CCCC[C@H]1NC(C)C. The molecular weight excluding hydrogens is 162 g/mol. The minimum absolute atomic E-state index is 0.459. The summed E-state index contributed by atoms with van der Waals surface area (Å²) in [5.41, 5.74) is 0. The van der Waals surface area contributed by atoms with Crippen LogP contribution in [0.5, 0.6) is 0 Å². The quantitative estimate of drug-likeness (QED) is 0.726. The Kier molecular flexibility index (Phi) is 4.74. The van der Waals surface area contributed by atoms with Crippen LogP contribution >= 0.6 is 0 Å². The van der Waals surface area contributed by atoms with Crippen LogP contribution in [0.2, 0.25) is 0 Å². The van der Waals surface area contributed by atoms with E-state index in [0.29, 0.717) is 18.2 Å². The van der Waals surface area contributed by atoms with E-state index in [-0.39, 0.29) is 0 Å². The van der Waals surface area contributed by atoms with Gasteiger partial charge >= 0.3 is 0 Å². The van der Waals surface area contributed by atoms with E-state index in [4.69, 9.17) is 4.74 Å². The molecule has 0 radical (unpaired) electrons. The molecule has 0 bridgehead atoms. The lowest BCUT2D eigenvalue weighted by atomic mass is 9.92. The van der Waals surface area contributed by atoms with Crippen LogP contribution in [0.15, 0.2) is 0 Å². The zero-order chi connectivity index (χ0) is 9.68. The third-order valence-electron chi connectivity index (χ3n) is 2.63. The highest BCUT2D eigenvalue weighted by Crippen LogP contribution is 2.21. The standard InChI is InChI=1S/C11H23NO/c1-4-13-11-8-6-5-7-10(11)12-9(2)3/h9-12H,4-8H2,1-3H3/t10-,11-/m1/s1. The van der Waals surface area contributed by atoms with Gasteiger partial charge in [-0.2, -0.15) is 0 Å². The molecule has 0 aliphatic heterocycles. The smallest absolute Gasteiger partial charge is 0.0727 e. The maximum Gasteiger partial charge on any atom is 0.0727 e. The first-order chi connectivity index (χ1) is 6.24. The summed E-state index contributed by atoms with van der Waals surface area (Å²) in [7, 11) is 0. The number of rotatable bonds is 4. The van der Waals surface area contributed by atoms with E-state index >= 15 is 0 Å². The summed E-state index contributed by atoms with van der Waals surface area (Å²) in [5.74, 6) is 0. The van der Waals surface area contributed by atoms with Gasteiger partial charge in [0.2, 0.25) is 0 Å². The summed E-state index contributed by atoms with van der Waals surface area (Å²) in [4.78, 5) is 0. The maximum absolute atomic E-state index is 5.73. The molecule has 2 heteroatoms. The molecule has 13 heavy (non-hydrogen) atoms. The van der Waals surface area contributed by atoms with Crippen LogP contribution in [0, 0.1) is 0 Å². The summed E-state index contributed by atoms with van der Waals surface area (Å²) in [5, 5.41) is 3.59. The lowest BCUT2D eigenvalue weighted by Crippen LogP contribution is -2.46. The highest BCUT2D eigenvalue weighted by atomic mass is 16.5. The Morgan fingerprint density at radius 3 is 2.62 bits per heavy atom. The van der Waals surface area contributed by atoms with Crippen LogP contribution in [-0.4, -0.2) is 24.8 Å². The van der Waals surface area contributed by atoms with E-state index in [1.807, 2.05) is 0 Å². The van der Waals surface area contributed by atoms with Gasteiger partial charge in [0.15, 0.2) is 0 Å². The predicted molar refractivity (Wildman–Crippen MR) is 55.9 cm³/mol. The lowest BCUT2D eigenvalue weighted by Gasteiger charge is -2.33. The third kappa shape index (κ3) is 3.65. The van der Waals surface area contributed by atoms with Crippen molar-refractivity contribution in [1.29, 1.82) is 0 Å². The Labute approximate surface area is 82.0 Å². The molecular formula is C11H23NO. The average molecular weight is 185 g/mol. The van der Waals surface area contributed by atoms with Crippen molar-refractivity contribution in [1.82, 2.24) is 5.32 Å². The molecule has 0 aromatic carbocycles. The summed E-state index contributed by atoms with van der Waals surface area (Å²) in [6, 6.07) is 1.17. The van der Waals surface area contributed by atoms with Gasteiger partial charge in [0, 0.05) is 18.7 Å². The van der Waals surface area contributed by atoms with Crippen LogP contribution in [0.3, 0.4) is 0 Å². The largest absolute Gasteiger partial charge is 0.377 e. The average Bonchev–Trinajstić information content (AvgIpc) is 2.08. The van der Waals surface area contributed by atoms with Crippen molar-refractivity contribution >= 4 is 0 Å². The Balaban J connectivity index is 2.36. The number of ether oxygens (including phenoxy) is 1. The summed E-state index contributed by atoms with van der Waals surface area (Å²) in [6.07, 6.45) is 5.66. The van der Waals surface area contributed by atoms with Gasteiger partial charge in [0.25, 0.3) is 0 Å². The summed E-state index contributed by atoms with van der Waals surface area (Å²) < 4.78 is 5.73. The van der Waals surface area contributed by atoms with Crippen molar-refractivity contribution in [2.75, 3.05) is 6.61 Å². The van der Waals surface area contributed by atoms with E-state index < -0.39 is 0 Å². The molecule has 0 saturated heterocycles. The van der Waals surface area contributed by atoms with E-state index in [0.717, 1.165) is 6.61 Å². The Morgan fingerprint density at radius 2 is 2.00 bits per heavy atom. The van der Waals surface area contributed by atoms with E-state index in [1.54, 1.807) is 0 Å². The Bertz CT molecular complexity index is 134. The van der Waals surface area contributed by atoms with Gasteiger partial charge in [-0.1, -0.05) is 26.7 Å². The molecule has 0 aromatic rings. The fraction of sp³-hybridized carbons (Fsp3) is 1.00. The third-order valence-corrected chi connectivity index (χ3v) is 2.63. The highest BCUT2D eigenvalue weighted by molar-refractivity contribution is 4.82. The van der Waals surface area contributed by atoms with E-state index in [1.165, 1.54) is 25.7 Å². The fourth-order valence-corrected chi connectivity index (χ4v) is 2.13.